The summed E-state index contributed by atoms with van der Waals surface area (Å²) in [6.45, 7) is 4.18. The lowest BCUT2D eigenvalue weighted by atomic mass is 10.1. The molecule has 0 aliphatic carbocycles. The van der Waals surface area contributed by atoms with E-state index in [9.17, 15) is 0 Å². The smallest absolute Gasteiger partial charge is 0.159 e. The lowest BCUT2D eigenvalue weighted by Crippen LogP contribution is -2.25. The minimum absolute atomic E-state index is 0.0908. The Morgan fingerprint density at radius 1 is 1.59 bits per heavy atom. The number of aromatic nitrogens is 2. The Morgan fingerprint density at radius 2 is 2.29 bits per heavy atom. The highest BCUT2D eigenvalue weighted by Crippen LogP contribution is 2.27. The summed E-state index contributed by atoms with van der Waals surface area (Å²) in [5.41, 5.74) is 0.996. The molecule has 1 aliphatic heterocycles. The van der Waals surface area contributed by atoms with Crippen molar-refractivity contribution in [2.45, 2.75) is 32.2 Å². The Kier molecular flexibility index (Phi) is 4.39. The molecule has 0 amide bonds. The third-order valence-electron chi connectivity index (χ3n) is 2.93. The quantitative estimate of drug-likeness (QED) is 0.872. The normalized spacial score (nSPS) is 18.8. The van der Waals surface area contributed by atoms with E-state index in [1.54, 1.807) is 6.20 Å². The second-order valence-electron chi connectivity index (χ2n) is 3.94. The Bertz CT molecular complexity index is 364. The summed E-state index contributed by atoms with van der Waals surface area (Å²) in [5.74, 6) is 0. The molecule has 1 unspecified atom stereocenters. The molecule has 1 fully saturated rings. The molecule has 2 heterocycles. The van der Waals surface area contributed by atoms with Crippen LogP contribution < -0.4 is 5.32 Å². The predicted octanol–water partition coefficient (Wildman–Crippen LogP) is 1.58. The predicted molar refractivity (Wildman–Crippen MR) is 65.0 cm³/mol. The minimum Gasteiger partial charge on any atom is -0.350 e. The number of nitrogens with one attached hydrogen (secondary N) is 1. The van der Waals surface area contributed by atoms with Crippen molar-refractivity contribution >= 4 is 11.6 Å². The van der Waals surface area contributed by atoms with Gasteiger partial charge in [-0.2, -0.15) is 5.10 Å². The van der Waals surface area contributed by atoms with E-state index < -0.39 is 0 Å². The van der Waals surface area contributed by atoms with Crippen molar-refractivity contribution in [3.63, 3.8) is 0 Å². The molecule has 96 valence electrons. The average Bonchev–Trinajstić information content (AvgIpc) is 2.95. The van der Waals surface area contributed by atoms with Crippen LogP contribution in [0.25, 0.3) is 0 Å². The standard InChI is InChI=1S/C11H18ClN3O2/c1-3-15-11(8(12)7-14-15)9(13-2)6-10-16-4-5-17-10/h7,9-10,13H,3-6H2,1-2H3. The molecular formula is C11H18ClN3O2. The lowest BCUT2D eigenvalue weighted by Gasteiger charge is -2.20. The average molecular weight is 260 g/mol. The van der Waals surface area contributed by atoms with Crippen molar-refractivity contribution in [3.8, 4) is 0 Å². The number of ether oxygens (including phenoxy) is 2. The fourth-order valence-corrected chi connectivity index (χ4v) is 2.35. The van der Waals surface area contributed by atoms with E-state index in [1.807, 2.05) is 18.7 Å². The van der Waals surface area contributed by atoms with Crippen molar-refractivity contribution < 1.29 is 9.47 Å². The summed E-state index contributed by atoms with van der Waals surface area (Å²) in [6, 6.07) is 0.0908. The SMILES string of the molecule is CCn1ncc(Cl)c1C(CC1OCCO1)NC. The van der Waals surface area contributed by atoms with Gasteiger partial charge in [0, 0.05) is 13.0 Å². The largest absolute Gasteiger partial charge is 0.350 e. The van der Waals surface area contributed by atoms with Gasteiger partial charge in [-0.25, -0.2) is 0 Å². The van der Waals surface area contributed by atoms with Crippen molar-refractivity contribution in [1.29, 1.82) is 0 Å². The molecule has 6 heteroatoms. The van der Waals surface area contributed by atoms with E-state index in [4.69, 9.17) is 21.1 Å². The van der Waals surface area contributed by atoms with Crippen LogP contribution in [0.15, 0.2) is 6.20 Å². The maximum Gasteiger partial charge on any atom is 0.159 e. The monoisotopic (exact) mass is 259 g/mol. The summed E-state index contributed by atoms with van der Waals surface area (Å²) in [7, 11) is 1.91. The molecule has 0 radical (unpaired) electrons. The number of rotatable bonds is 5. The van der Waals surface area contributed by atoms with Gasteiger partial charge in [0.25, 0.3) is 0 Å². The first-order valence-corrected chi connectivity index (χ1v) is 6.25. The summed E-state index contributed by atoms with van der Waals surface area (Å²) < 4.78 is 12.8. The van der Waals surface area contributed by atoms with Crippen LogP contribution in [0.2, 0.25) is 5.02 Å². The molecule has 2 rings (SSSR count). The van der Waals surface area contributed by atoms with Crippen molar-refractivity contribution in [1.82, 2.24) is 15.1 Å². The second kappa shape index (κ2) is 5.82. The van der Waals surface area contributed by atoms with Gasteiger partial charge in [-0.3, -0.25) is 4.68 Å². The topological polar surface area (TPSA) is 48.3 Å². The highest BCUT2D eigenvalue weighted by Gasteiger charge is 2.25. The third kappa shape index (κ3) is 2.80. The first kappa shape index (κ1) is 12.8. The van der Waals surface area contributed by atoms with Gasteiger partial charge < -0.3 is 14.8 Å². The van der Waals surface area contributed by atoms with Crippen LogP contribution in [0.3, 0.4) is 0 Å². The van der Waals surface area contributed by atoms with Crippen LogP contribution in [0.1, 0.15) is 25.1 Å². The van der Waals surface area contributed by atoms with Crippen molar-refractivity contribution in [2.75, 3.05) is 20.3 Å². The Hall–Kier alpha value is -0.620. The summed E-state index contributed by atoms with van der Waals surface area (Å²) in [4.78, 5) is 0. The van der Waals surface area contributed by atoms with E-state index >= 15 is 0 Å². The van der Waals surface area contributed by atoms with Crippen LogP contribution in [-0.4, -0.2) is 36.3 Å². The van der Waals surface area contributed by atoms with Crippen LogP contribution in [0.5, 0.6) is 0 Å². The molecule has 0 aromatic carbocycles. The molecule has 1 saturated heterocycles. The van der Waals surface area contributed by atoms with Crippen molar-refractivity contribution in [2.24, 2.45) is 0 Å². The van der Waals surface area contributed by atoms with Gasteiger partial charge in [0.1, 0.15) is 0 Å². The zero-order valence-electron chi connectivity index (χ0n) is 10.1. The molecule has 1 N–H and O–H groups in total. The van der Waals surface area contributed by atoms with Gasteiger partial charge in [0.2, 0.25) is 0 Å². The van der Waals surface area contributed by atoms with Gasteiger partial charge in [-0.15, -0.1) is 0 Å². The summed E-state index contributed by atoms with van der Waals surface area (Å²) >= 11 is 6.18. The number of nitrogens with zero attached hydrogens (tertiary/aromatic N) is 2. The number of hydrogen-bond donors (Lipinski definition) is 1. The van der Waals surface area contributed by atoms with Crippen LogP contribution in [0, 0.1) is 0 Å². The first-order valence-electron chi connectivity index (χ1n) is 5.88. The van der Waals surface area contributed by atoms with Crippen LogP contribution in [0.4, 0.5) is 0 Å². The fourth-order valence-electron chi connectivity index (χ4n) is 2.07. The Morgan fingerprint density at radius 3 is 2.88 bits per heavy atom. The molecule has 1 atom stereocenters. The molecule has 0 bridgehead atoms. The molecule has 5 nitrogen and oxygen atoms in total. The Labute approximate surface area is 106 Å². The summed E-state index contributed by atoms with van der Waals surface area (Å²) in [6.07, 6.45) is 2.27. The highest BCUT2D eigenvalue weighted by atomic mass is 35.5. The number of aryl methyl sites for hydroxylation is 1. The zero-order valence-corrected chi connectivity index (χ0v) is 10.9. The van der Waals surface area contributed by atoms with Gasteiger partial charge in [-0.1, -0.05) is 11.6 Å². The maximum atomic E-state index is 6.18. The molecular weight excluding hydrogens is 242 g/mol. The van der Waals surface area contributed by atoms with Gasteiger partial charge >= 0.3 is 0 Å². The first-order chi connectivity index (χ1) is 8.26. The molecule has 0 spiro atoms. The molecule has 1 aliphatic rings. The molecule has 1 aromatic heterocycles. The van der Waals surface area contributed by atoms with Crippen LogP contribution >= 0.6 is 11.6 Å². The van der Waals surface area contributed by atoms with E-state index in [-0.39, 0.29) is 12.3 Å². The lowest BCUT2D eigenvalue weighted by molar-refractivity contribution is -0.0530. The van der Waals surface area contributed by atoms with E-state index in [2.05, 4.69) is 10.4 Å². The van der Waals surface area contributed by atoms with Gasteiger partial charge in [-0.05, 0) is 14.0 Å². The Balaban J connectivity index is 2.12. The third-order valence-corrected chi connectivity index (χ3v) is 3.22. The zero-order chi connectivity index (χ0) is 12.3. The van der Waals surface area contributed by atoms with Crippen LogP contribution in [-0.2, 0) is 16.0 Å². The van der Waals surface area contributed by atoms with E-state index in [0.29, 0.717) is 18.2 Å². The van der Waals surface area contributed by atoms with Crippen molar-refractivity contribution in [3.05, 3.63) is 16.9 Å². The molecule has 0 saturated carbocycles. The number of halogens is 1. The highest BCUT2D eigenvalue weighted by molar-refractivity contribution is 6.31. The van der Waals surface area contributed by atoms with E-state index in [1.165, 1.54) is 0 Å². The summed E-state index contributed by atoms with van der Waals surface area (Å²) in [5, 5.41) is 8.17. The number of hydrogen-bond acceptors (Lipinski definition) is 4. The minimum atomic E-state index is -0.149. The molecule has 1 aromatic rings. The second-order valence-corrected chi connectivity index (χ2v) is 4.35. The fraction of sp³-hybridized carbons (Fsp3) is 0.727. The van der Waals surface area contributed by atoms with E-state index in [0.717, 1.165) is 18.7 Å². The van der Waals surface area contributed by atoms with Gasteiger partial charge in [0.15, 0.2) is 6.29 Å². The van der Waals surface area contributed by atoms with Gasteiger partial charge in [0.05, 0.1) is 36.2 Å². The molecule has 17 heavy (non-hydrogen) atoms. The maximum absolute atomic E-state index is 6.18.